The van der Waals surface area contributed by atoms with Gasteiger partial charge in [-0.1, -0.05) is 13.8 Å². The molecule has 1 unspecified atom stereocenters. The third kappa shape index (κ3) is 8.68. The molecule has 0 spiro atoms. The van der Waals surface area contributed by atoms with Gasteiger partial charge in [-0.2, -0.15) is 0 Å². The lowest BCUT2D eigenvalue weighted by molar-refractivity contribution is -0.122. The summed E-state index contributed by atoms with van der Waals surface area (Å²) in [6.07, 6.45) is 1.23. The van der Waals surface area contributed by atoms with Gasteiger partial charge in [0.15, 0.2) is 0 Å². The zero-order valence-electron chi connectivity index (χ0n) is 11.3. The van der Waals surface area contributed by atoms with E-state index < -0.39 is 0 Å². The second-order valence-corrected chi connectivity index (χ2v) is 4.59. The van der Waals surface area contributed by atoms with Crippen molar-refractivity contribution in [2.45, 2.75) is 39.7 Å². The van der Waals surface area contributed by atoms with Crippen molar-refractivity contribution in [2.24, 2.45) is 5.92 Å². The Labute approximate surface area is 104 Å². The van der Waals surface area contributed by atoms with Gasteiger partial charge >= 0.3 is 0 Å². The zero-order chi connectivity index (χ0) is 13.3. The van der Waals surface area contributed by atoms with Crippen LogP contribution >= 0.6 is 0 Å². The molecule has 0 bridgehead atoms. The highest BCUT2D eigenvalue weighted by molar-refractivity contribution is 5.81. The summed E-state index contributed by atoms with van der Waals surface area (Å²) >= 11 is 0. The molecule has 0 saturated heterocycles. The van der Waals surface area contributed by atoms with Gasteiger partial charge in [-0.25, -0.2) is 0 Å². The van der Waals surface area contributed by atoms with Crippen molar-refractivity contribution in [3.05, 3.63) is 0 Å². The third-order valence-electron chi connectivity index (χ3n) is 2.39. The van der Waals surface area contributed by atoms with Crippen molar-refractivity contribution in [1.82, 2.24) is 16.0 Å². The van der Waals surface area contributed by atoms with Crippen LogP contribution in [-0.2, 0) is 9.59 Å². The standard InChI is InChI=1S/C12H25N3O2/c1-9(2)8-15-12(17)10(3)14-7-5-6-11(16)13-4/h9-10,14H,5-8H2,1-4H3,(H,13,16)(H,15,17). The molecule has 2 amide bonds. The molecule has 0 aliphatic rings. The Bertz CT molecular complexity index is 242. The van der Waals surface area contributed by atoms with Gasteiger partial charge in [0.1, 0.15) is 0 Å². The summed E-state index contributed by atoms with van der Waals surface area (Å²) in [5.74, 6) is 0.502. The molecule has 0 radical (unpaired) electrons. The molecular formula is C12H25N3O2. The van der Waals surface area contributed by atoms with Crippen molar-refractivity contribution in [3.8, 4) is 0 Å². The molecule has 0 aliphatic heterocycles. The Morgan fingerprint density at radius 3 is 2.35 bits per heavy atom. The second-order valence-electron chi connectivity index (χ2n) is 4.59. The van der Waals surface area contributed by atoms with Crippen LogP contribution in [0.1, 0.15) is 33.6 Å². The lowest BCUT2D eigenvalue weighted by Gasteiger charge is -2.14. The fraction of sp³-hybridized carbons (Fsp3) is 0.833. The first-order chi connectivity index (χ1) is 7.97. The fourth-order valence-electron chi connectivity index (χ4n) is 1.24. The molecule has 0 heterocycles. The van der Waals surface area contributed by atoms with Crippen LogP contribution in [0.25, 0.3) is 0 Å². The zero-order valence-corrected chi connectivity index (χ0v) is 11.3. The number of hydrogen-bond acceptors (Lipinski definition) is 3. The van der Waals surface area contributed by atoms with E-state index in [-0.39, 0.29) is 17.9 Å². The number of carbonyl (C=O) groups is 2. The normalized spacial score (nSPS) is 12.3. The molecule has 0 aromatic heterocycles. The van der Waals surface area contributed by atoms with Crippen LogP contribution in [-0.4, -0.2) is 38.0 Å². The van der Waals surface area contributed by atoms with Gasteiger partial charge in [-0.3, -0.25) is 9.59 Å². The molecular weight excluding hydrogens is 218 g/mol. The summed E-state index contributed by atoms with van der Waals surface area (Å²) in [4.78, 5) is 22.5. The van der Waals surface area contributed by atoms with E-state index in [4.69, 9.17) is 0 Å². The van der Waals surface area contributed by atoms with E-state index in [2.05, 4.69) is 29.8 Å². The summed E-state index contributed by atoms with van der Waals surface area (Å²) in [5.41, 5.74) is 0. The minimum Gasteiger partial charge on any atom is -0.359 e. The number of rotatable bonds is 8. The van der Waals surface area contributed by atoms with E-state index in [9.17, 15) is 9.59 Å². The van der Waals surface area contributed by atoms with Gasteiger partial charge < -0.3 is 16.0 Å². The molecule has 1 atom stereocenters. The first-order valence-electron chi connectivity index (χ1n) is 6.19. The van der Waals surface area contributed by atoms with Gasteiger partial charge in [-0.05, 0) is 25.8 Å². The summed E-state index contributed by atoms with van der Waals surface area (Å²) in [7, 11) is 1.62. The van der Waals surface area contributed by atoms with Crippen molar-refractivity contribution in [1.29, 1.82) is 0 Å². The Balaban J connectivity index is 3.60. The second kappa shape index (κ2) is 8.98. The first-order valence-corrected chi connectivity index (χ1v) is 6.19. The largest absolute Gasteiger partial charge is 0.359 e. The summed E-state index contributed by atoms with van der Waals surface area (Å²) in [6, 6.07) is -0.210. The van der Waals surface area contributed by atoms with E-state index in [1.807, 2.05) is 6.92 Å². The smallest absolute Gasteiger partial charge is 0.236 e. The van der Waals surface area contributed by atoms with Crippen LogP contribution in [0.15, 0.2) is 0 Å². The third-order valence-corrected chi connectivity index (χ3v) is 2.39. The maximum atomic E-state index is 11.6. The molecule has 0 aromatic rings. The van der Waals surface area contributed by atoms with E-state index in [1.54, 1.807) is 7.05 Å². The molecule has 5 nitrogen and oxygen atoms in total. The Morgan fingerprint density at radius 1 is 1.18 bits per heavy atom. The number of nitrogens with one attached hydrogen (secondary N) is 3. The monoisotopic (exact) mass is 243 g/mol. The first kappa shape index (κ1) is 15.9. The van der Waals surface area contributed by atoms with E-state index in [0.717, 1.165) is 6.42 Å². The minimum absolute atomic E-state index is 0.0126. The maximum Gasteiger partial charge on any atom is 0.236 e. The molecule has 5 heteroatoms. The highest BCUT2D eigenvalue weighted by Crippen LogP contribution is 1.91. The van der Waals surface area contributed by atoms with Crippen LogP contribution in [0, 0.1) is 5.92 Å². The molecule has 0 aromatic carbocycles. The molecule has 0 aliphatic carbocycles. The summed E-state index contributed by atoms with van der Waals surface area (Å²) in [5, 5.41) is 8.52. The lowest BCUT2D eigenvalue weighted by atomic mass is 10.2. The van der Waals surface area contributed by atoms with Crippen molar-refractivity contribution in [2.75, 3.05) is 20.1 Å². The predicted octanol–water partition coefficient (Wildman–Crippen LogP) is 0.263. The quantitative estimate of drug-likeness (QED) is 0.536. The van der Waals surface area contributed by atoms with Crippen LogP contribution in [0.2, 0.25) is 0 Å². The fourth-order valence-corrected chi connectivity index (χ4v) is 1.24. The van der Waals surface area contributed by atoms with E-state index >= 15 is 0 Å². The van der Waals surface area contributed by atoms with E-state index in [1.165, 1.54) is 0 Å². The molecule has 0 saturated carbocycles. The van der Waals surface area contributed by atoms with Gasteiger partial charge in [0.2, 0.25) is 11.8 Å². The average Bonchev–Trinajstić information content (AvgIpc) is 2.30. The predicted molar refractivity (Wildman–Crippen MR) is 68.6 cm³/mol. The van der Waals surface area contributed by atoms with Gasteiger partial charge in [0, 0.05) is 20.0 Å². The molecule has 17 heavy (non-hydrogen) atoms. The Hall–Kier alpha value is -1.10. The van der Waals surface area contributed by atoms with Crippen LogP contribution in [0.3, 0.4) is 0 Å². The molecule has 0 rings (SSSR count). The van der Waals surface area contributed by atoms with E-state index in [0.29, 0.717) is 25.4 Å². The van der Waals surface area contributed by atoms with Gasteiger partial charge in [0.25, 0.3) is 0 Å². The van der Waals surface area contributed by atoms with Gasteiger partial charge in [0.05, 0.1) is 6.04 Å². The molecule has 3 N–H and O–H groups in total. The van der Waals surface area contributed by atoms with Crippen LogP contribution in [0.5, 0.6) is 0 Å². The summed E-state index contributed by atoms with van der Waals surface area (Å²) < 4.78 is 0. The highest BCUT2D eigenvalue weighted by atomic mass is 16.2. The SMILES string of the molecule is CNC(=O)CCCNC(C)C(=O)NCC(C)C. The van der Waals surface area contributed by atoms with Crippen molar-refractivity contribution < 1.29 is 9.59 Å². The Kier molecular flexibility index (Phi) is 8.40. The topological polar surface area (TPSA) is 70.2 Å². The maximum absolute atomic E-state index is 11.6. The van der Waals surface area contributed by atoms with Crippen LogP contribution in [0.4, 0.5) is 0 Å². The summed E-state index contributed by atoms with van der Waals surface area (Å²) in [6.45, 7) is 7.31. The number of hydrogen-bond donors (Lipinski definition) is 3. The highest BCUT2D eigenvalue weighted by Gasteiger charge is 2.11. The number of amides is 2. The Morgan fingerprint density at radius 2 is 1.82 bits per heavy atom. The number of carbonyl (C=O) groups excluding carboxylic acids is 2. The van der Waals surface area contributed by atoms with Gasteiger partial charge in [-0.15, -0.1) is 0 Å². The lowest BCUT2D eigenvalue weighted by Crippen LogP contribution is -2.43. The minimum atomic E-state index is -0.210. The van der Waals surface area contributed by atoms with Crippen molar-refractivity contribution in [3.63, 3.8) is 0 Å². The average molecular weight is 243 g/mol. The van der Waals surface area contributed by atoms with Crippen molar-refractivity contribution >= 4 is 11.8 Å². The molecule has 100 valence electrons. The van der Waals surface area contributed by atoms with Crippen LogP contribution < -0.4 is 16.0 Å². The molecule has 0 fully saturated rings.